The summed E-state index contributed by atoms with van der Waals surface area (Å²) in [6.45, 7) is 4.10. The van der Waals surface area contributed by atoms with Crippen LogP contribution >= 0.6 is 27.5 Å². The number of benzene rings is 1. The maximum Gasteiger partial charge on any atom is 0.0678 e. The zero-order valence-corrected chi connectivity index (χ0v) is 11.5. The third-order valence-electron chi connectivity index (χ3n) is 2.64. The van der Waals surface area contributed by atoms with Crippen LogP contribution in [-0.4, -0.2) is 9.78 Å². The van der Waals surface area contributed by atoms with Crippen LogP contribution < -0.4 is 0 Å². The molecule has 0 unspecified atom stereocenters. The Morgan fingerprint density at radius 1 is 1.38 bits per heavy atom. The molecular weight excluding hydrogens is 288 g/mol. The molecule has 0 bridgehead atoms. The minimum absolute atomic E-state index is 0.501. The molecule has 0 atom stereocenters. The molecule has 0 amide bonds. The van der Waals surface area contributed by atoms with Crippen molar-refractivity contribution >= 4 is 27.5 Å². The van der Waals surface area contributed by atoms with Gasteiger partial charge in [0, 0.05) is 15.7 Å². The Kier molecular flexibility index (Phi) is 3.36. The van der Waals surface area contributed by atoms with Crippen LogP contribution in [0.2, 0.25) is 0 Å². The van der Waals surface area contributed by atoms with Gasteiger partial charge >= 0.3 is 0 Å². The molecule has 1 heterocycles. The monoisotopic (exact) mass is 298 g/mol. The first-order valence-electron chi connectivity index (χ1n) is 4.99. The van der Waals surface area contributed by atoms with Crippen LogP contribution in [0, 0.1) is 13.8 Å². The van der Waals surface area contributed by atoms with E-state index in [9.17, 15) is 0 Å². The number of aromatic nitrogens is 2. The fourth-order valence-corrected chi connectivity index (χ4v) is 2.41. The van der Waals surface area contributed by atoms with Gasteiger partial charge in [-0.2, -0.15) is 5.10 Å². The van der Waals surface area contributed by atoms with Gasteiger partial charge in [-0.25, -0.2) is 4.68 Å². The minimum Gasteiger partial charge on any atom is -0.238 e. The van der Waals surface area contributed by atoms with E-state index in [1.807, 2.05) is 23.9 Å². The lowest BCUT2D eigenvalue weighted by Gasteiger charge is -2.08. The normalized spacial score (nSPS) is 10.8. The van der Waals surface area contributed by atoms with Gasteiger partial charge in [0.05, 0.1) is 17.8 Å². The molecule has 4 heteroatoms. The number of nitrogens with zero attached hydrogens (tertiary/aromatic N) is 2. The predicted molar refractivity (Wildman–Crippen MR) is 70.3 cm³/mol. The molecule has 2 aromatic rings. The molecule has 0 saturated heterocycles. The van der Waals surface area contributed by atoms with E-state index in [1.54, 1.807) is 0 Å². The van der Waals surface area contributed by atoms with Crippen molar-refractivity contribution in [2.75, 3.05) is 0 Å². The molecule has 2 nitrogen and oxygen atoms in total. The van der Waals surface area contributed by atoms with Gasteiger partial charge in [0.25, 0.3) is 0 Å². The van der Waals surface area contributed by atoms with Crippen molar-refractivity contribution < 1.29 is 0 Å². The summed E-state index contributed by atoms with van der Waals surface area (Å²) in [4.78, 5) is 0. The Morgan fingerprint density at radius 3 is 2.69 bits per heavy atom. The summed E-state index contributed by atoms with van der Waals surface area (Å²) >= 11 is 9.29. The SMILES string of the molecule is Cc1cc(Br)ccc1-n1ncc(CCl)c1C. The van der Waals surface area contributed by atoms with E-state index in [-0.39, 0.29) is 0 Å². The maximum absolute atomic E-state index is 5.84. The third-order valence-corrected chi connectivity index (χ3v) is 3.42. The summed E-state index contributed by atoms with van der Waals surface area (Å²) in [5.41, 5.74) is 4.45. The smallest absolute Gasteiger partial charge is 0.0678 e. The summed E-state index contributed by atoms with van der Waals surface area (Å²) in [5, 5.41) is 4.36. The van der Waals surface area contributed by atoms with E-state index >= 15 is 0 Å². The number of alkyl halides is 1. The lowest BCUT2D eigenvalue weighted by Crippen LogP contribution is -2.01. The zero-order chi connectivity index (χ0) is 11.7. The average Bonchev–Trinajstić information content (AvgIpc) is 2.60. The van der Waals surface area contributed by atoms with Crippen LogP contribution in [0.5, 0.6) is 0 Å². The predicted octanol–water partition coefficient (Wildman–Crippen LogP) is 3.99. The van der Waals surface area contributed by atoms with Gasteiger partial charge in [0.2, 0.25) is 0 Å². The van der Waals surface area contributed by atoms with Crippen LogP contribution in [0.1, 0.15) is 16.8 Å². The Bertz CT molecular complexity index is 520. The molecule has 2 rings (SSSR count). The van der Waals surface area contributed by atoms with E-state index in [4.69, 9.17) is 11.6 Å². The molecule has 0 spiro atoms. The molecule has 0 aliphatic rings. The lowest BCUT2D eigenvalue weighted by molar-refractivity contribution is 0.838. The Hall–Kier alpha value is -0.800. The molecule has 0 saturated carbocycles. The number of hydrogen-bond acceptors (Lipinski definition) is 1. The second-order valence-electron chi connectivity index (χ2n) is 3.73. The number of rotatable bonds is 2. The summed E-state index contributed by atoms with van der Waals surface area (Å²) in [6, 6.07) is 6.15. The highest BCUT2D eigenvalue weighted by Crippen LogP contribution is 2.21. The first-order valence-corrected chi connectivity index (χ1v) is 6.32. The van der Waals surface area contributed by atoms with Crippen molar-refractivity contribution in [3.63, 3.8) is 0 Å². The molecular formula is C12H12BrClN2. The summed E-state index contributed by atoms with van der Waals surface area (Å²) < 4.78 is 3.01. The van der Waals surface area contributed by atoms with E-state index in [1.165, 1.54) is 5.56 Å². The Balaban J connectivity index is 2.54. The highest BCUT2D eigenvalue weighted by Gasteiger charge is 2.09. The van der Waals surface area contributed by atoms with E-state index in [0.717, 1.165) is 21.4 Å². The molecule has 0 aliphatic carbocycles. The van der Waals surface area contributed by atoms with Crippen LogP contribution in [-0.2, 0) is 5.88 Å². The summed E-state index contributed by atoms with van der Waals surface area (Å²) in [7, 11) is 0. The van der Waals surface area contributed by atoms with Crippen molar-refractivity contribution in [3.05, 3.63) is 45.7 Å². The van der Waals surface area contributed by atoms with E-state index < -0.39 is 0 Å². The largest absolute Gasteiger partial charge is 0.238 e. The molecule has 0 radical (unpaired) electrons. The minimum atomic E-state index is 0.501. The second-order valence-corrected chi connectivity index (χ2v) is 4.91. The molecule has 0 N–H and O–H groups in total. The standard InChI is InChI=1S/C12H12BrClN2/c1-8-5-11(13)3-4-12(8)16-9(2)10(6-14)7-15-16/h3-5,7H,6H2,1-2H3. The maximum atomic E-state index is 5.84. The first kappa shape index (κ1) is 11.7. The highest BCUT2D eigenvalue weighted by atomic mass is 79.9. The van der Waals surface area contributed by atoms with Gasteiger partial charge in [0.15, 0.2) is 0 Å². The van der Waals surface area contributed by atoms with Crippen molar-refractivity contribution in [1.82, 2.24) is 9.78 Å². The summed E-state index contributed by atoms with van der Waals surface area (Å²) in [5.74, 6) is 0.501. The number of aryl methyl sites for hydroxylation is 1. The van der Waals surface area contributed by atoms with Crippen LogP contribution in [0.4, 0.5) is 0 Å². The van der Waals surface area contributed by atoms with Gasteiger partial charge in [-0.1, -0.05) is 15.9 Å². The molecule has 1 aromatic heterocycles. The lowest BCUT2D eigenvalue weighted by atomic mass is 10.2. The van der Waals surface area contributed by atoms with Gasteiger partial charge < -0.3 is 0 Å². The Morgan fingerprint density at radius 2 is 2.12 bits per heavy atom. The third kappa shape index (κ3) is 2.02. The van der Waals surface area contributed by atoms with Crippen molar-refractivity contribution in [2.45, 2.75) is 19.7 Å². The average molecular weight is 300 g/mol. The van der Waals surface area contributed by atoms with Crippen molar-refractivity contribution in [3.8, 4) is 5.69 Å². The van der Waals surface area contributed by atoms with Crippen molar-refractivity contribution in [1.29, 1.82) is 0 Å². The molecule has 0 fully saturated rings. The second kappa shape index (κ2) is 4.60. The van der Waals surface area contributed by atoms with Crippen molar-refractivity contribution in [2.24, 2.45) is 0 Å². The fourth-order valence-electron chi connectivity index (χ4n) is 1.67. The fraction of sp³-hybridized carbons (Fsp3) is 0.250. The van der Waals surface area contributed by atoms with Gasteiger partial charge in [-0.15, -0.1) is 11.6 Å². The Labute approximate surface area is 108 Å². The molecule has 84 valence electrons. The topological polar surface area (TPSA) is 17.8 Å². The van der Waals surface area contributed by atoms with Gasteiger partial charge in [0.1, 0.15) is 0 Å². The van der Waals surface area contributed by atoms with Gasteiger partial charge in [-0.3, -0.25) is 0 Å². The van der Waals surface area contributed by atoms with Gasteiger partial charge in [-0.05, 0) is 37.6 Å². The number of hydrogen-bond donors (Lipinski definition) is 0. The highest BCUT2D eigenvalue weighted by molar-refractivity contribution is 9.10. The van der Waals surface area contributed by atoms with E-state index in [2.05, 4.69) is 40.1 Å². The number of halogens is 2. The van der Waals surface area contributed by atoms with E-state index in [0.29, 0.717) is 5.88 Å². The molecule has 0 aliphatic heterocycles. The van der Waals surface area contributed by atoms with Crippen LogP contribution in [0.25, 0.3) is 5.69 Å². The quantitative estimate of drug-likeness (QED) is 0.767. The van der Waals surface area contributed by atoms with Crippen LogP contribution in [0.3, 0.4) is 0 Å². The zero-order valence-electron chi connectivity index (χ0n) is 9.17. The molecule has 16 heavy (non-hydrogen) atoms. The molecule has 1 aromatic carbocycles. The first-order chi connectivity index (χ1) is 7.63. The van der Waals surface area contributed by atoms with Crippen LogP contribution in [0.15, 0.2) is 28.9 Å². The summed E-state index contributed by atoms with van der Waals surface area (Å²) in [6.07, 6.45) is 1.82.